The van der Waals surface area contributed by atoms with Crippen LogP contribution in [0.4, 0.5) is 5.69 Å². The first-order valence-electron chi connectivity index (χ1n) is 8.28. The van der Waals surface area contributed by atoms with Crippen molar-refractivity contribution in [2.75, 3.05) is 5.73 Å². The van der Waals surface area contributed by atoms with Gasteiger partial charge in [0.05, 0.1) is 6.04 Å². The number of nitrogens with one attached hydrogen (secondary N) is 2. The number of nitrogen functional groups attached to an aromatic ring is 1. The average molecular weight is 369 g/mol. The van der Waals surface area contributed by atoms with Gasteiger partial charge in [-0.1, -0.05) is 29.8 Å². The maximum absolute atomic E-state index is 12.7. The van der Waals surface area contributed by atoms with Crippen LogP contribution in [0.25, 0.3) is 10.9 Å². The number of amides is 1. The first-order chi connectivity index (χ1) is 12.3. The summed E-state index contributed by atoms with van der Waals surface area (Å²) in [5.74, 6) is -0.168. The third kappa shape index (κ3) is 3.30. The Morgan fingerprint density at radius 3 is 2.62 bits per heavy atom. The first kappa shape index (κ1) is 18.0. The molecule has 1 heterocycles. The van der Waals surface area contributed by atoms with Gasteiger partial charge in [-0.2, -0.15) is 0 Å². The number of anilines is 1. The molecule has 0 aliphatic heterocycles. The minimum absolute atomic E-state index is 0.168. The lowest BCUT2D eigenvalue weighted by atomic mass is 10.0. The van der Waals surface area contributed by atoms with Gasteiger partial charge < -0.3 is 21.0 Å². The Balaban J connectivity index is 1.85. The Bertz CT molecular complexity index is 1020. The number of fused-ring (bicyclic) bond motifs is 1. The Kier molecular flexibility index (Phi) is 4.74. The molecule has 1 atom stereocenters. The lowest BCUT2D eigenvalue weighted by Crippen LogP contribution is -2.28. The van der Waals surface area contributed by atoms with Crippen LogP contribution in [0, 0.1) is 5.41 Å². The van der Waals surface area contributed by atoms with Crippen molar-refractivity contribution in [3.05, 3.63) is 64.3 Å². The van der Waals surface area contributed by atoms with Crippen LogP contribution in [0.1, 0.15) is 41.5 Å². The van der Waals surface area contributed by atoms with E-state index < -0.39 is 0 Å². The number of hydrogen-bond donors (Lipinski definition) is 3. The standard InChI is InChI=1S/C20H21ClN4O/c1-11(22)16-7-5-13(8-17(16)23)12(2)24-20(26)19-9-14-4-6-15(21)10-18(14)25(19)3/h4-10,12,22H,23H2,1-3H3,(H,24,26). The third-order valence-corrected chi connectivity index (χ3v) is 4.80. The number of hydrogen-bond acceptors (Lipinski definition) is 3. The van der Waals surface area contributed by atoms with E-state index in [-0.39, 0.29) is 11.9 Å². The zero-order chi connectivity index (χ0) is 19.0. The average Bonchev–Trinajstić information content (AvgIpc) is 2.91. The summed E-state index contributed by atoms with van der Waals surface area (Å²) in [6.45, 7) is 3.60. The molecule has 0 saturated carbocycles. The molecule has 2 aromatic carbocycles. The van der Waals surface area contributed by atoms with Gasteiger partial charge >= 0.3 is 0 Å². The highest BCUT2D eigenvalue weighted by Crippen LogP contribution is 2.24. The number of carbonyl (C=O) groups is 1. The second-order valence-corrected chi connectivity index (χ2v) is 6.90. The van der Waals surface area contributed by atoms with Gasteiger partial charge in [-0.25, -0.2) is 0 Å². The number of carbonyl (C=O) groups excluding carboxylic acids is 1. The molecule has 3 rings (SSSR count). The number of nitrogens with two attached hydrogens (primary N) is 1. The zero-order valence-electron chi connectivity index (χ0n) is 14.9. The van der Waals surface area contributed by atoms with Crippen LogP contribution in [0.5, 0.6) is 0 Å². The fraction of sp³-hybridized carbons (Fsp3) is 0.200. The number of halogens is 1. The molecular weight excluding hydrogens is 348 g/mol. The molecule has 0 bridgehead atoms. The smallest absolute Gasteiger partial charge is 0.268 e. The van der Waals surface area contributed by atoms with Crippen LogP contribution >= 0.6 is 11.6 Å². The highest BCUT2D eigenvalue weighted by molar-refractivity contribution is 6.31. The molecule has 4 N–H and O–H groups in total. The normalized spacial score (nSPS) is 12.2. The minimum Gasteiger partial charge on any atom is -0.398 e. The van der Waals surface area contributed by atoms with Gasteiger partial charge in [-0.15, -0.1) is 0 Å². The van der Waals surface area contributed by atoms with E-state index in [1.807, 2.05) is 54.9 Å². The SMILES string of the molecule is CC(=N)c1ccc(C(C)NC(=O)c2cc3ccc(Cl)cc3n2C)cc1N. The van der Waals surface area contributed by atoms with E-state index in [1.165, 1.54) is 0 Å². The van der Waals surface area contributed by atoms with Gasteiger partial charge in [0.1, 0.15) is 5.69 Å². The van der Waals surface area contributed by atoms with Crippen LogP contribution in [-0.2, 0) is 7.05 Å². The van der Waals surface area contributed by atoms with E-state index >= 15 is 0 Å². The lowest BCUT2D eigenvalue weighted by Gasteiger charge is -2.16. The lowest BCUT2D eigenvalue weighted by molar-refractivity contribution is 0.0932. The Labute approximate surface area is 157 Å². The topological polar surface area (TPSA) is 83.9 Å². The monoisotopic (exact) mass is 368 g/mol. The predicted octanol–water partition coefficient (Wildman–Crippen LogP) is 4.29. The zero-order valence-corrected chi connectivity index (χ0v) is 15.7. The molecule has 0 aliphatic carbocycles. The molecule has 0 radical (unpaired) electrons. The molecule has 0 spiro atoms. The largest absolute Gasteiger partial charge is 0.398 e. The maximum Gasteiger partial charge on any atom is 0.268 e. The van der Waals surface area contributed by atoms with Crippen molar-refractivity contribution in [2.45, 2.75) is 19.9 Å². The molecule has 0 saturated heterocycles. The second kappa shape index (κ2) is 6.84. The predicted molar refractivity (Wildman–Crippen MR) is 107 cm³/mol. The molecule has 5 nitrogen and oxygen atoms in total. The van der Waals surface area contributed by atoms with Crippen molar-refractivity contribution >= 4 is 39.8 Å². The van der Waals surface area contributed by atoms with Crippen molar-refractivity contribution < 1.29 is 4.79 Å². The molecule has 6 heteroatoms. The van der Waals surface area contributed by atoms with Crippen LogP contribution < -0.4 is 11.1 Å². The van der Waals surface area contributed by atoms with Crippen LogP contribution in [0.3, 0.4) is 0 Å². The molecule has 0 aliphatic rings. The fourth-order valence-electron chi connectivity index (χ4n) is 3.07. The number of nitrogens with zero attached hydrogens (tertiary/aromatic N) is 1. The van der Waals surface area contributed by atoms with E-state index in [9.17, 15) is 4.79 Å². The van der Waals surface area contributed by atoms with Crippen molar-refractivity contribution in [1.82, 2.24) is 9.88 Å². The van der Waals surface area contributed by atoms with E-state index in [0.717, 1.165) is 16.5 Å². The molecule has 3 aromatic rings. The summed E-state index contributed by atoms with van der Waals surface area (Å²) in [4.78, 5) is 12.7. The number of rotatable bonds is 4. The van der Waals surface area contributed by atoms with Gasteiger partial charge in [0.25, 0.3) is 5.91 Å². The molecule has 134 valence electrons. The Hall–Kier alpha value is -2.79. The molecule has 0 fully saturated rings. The van der Waals surface area contributed by atoms with Crippen molar-refractivity contribution in [3.8, 4) is 0 Å². The highest BCUT2D eigenvalue weighted by Gasteiger charge is 2.17. The van der Waals surface area contributed by atoms with Crippen LogP contribution in [-0.4, -0.2) is 16.2 Å². The summed E-state index contributed by atoms with van der Waals surface area (Å²) < 4.78 is 1.83. The van der Waals surface area contributed by atoms with Gasteiger partial charge in [-0.3, -0.25) is 4.79 Å². The van der Waals surface area contributed by atoms with Crippen molar-refractivity contribution in [3.63, 3.8) is 0 Å². The summed E-state index contributed by atoms with van der Waals surface area (Å²) in [5.41, 5.74) is 10.0. The van der Waals surface area contributed by atoms with Crippen LogP contribution in [0.2, 0.25) is 5.02 Å². The summed E-state index contributed by atoms with van der Waals surface area (Å²) in [6.07, 6.45) is 0. The summed E-state index contributed by atoms with van der Waals surface area (Å²) >= 11 is 6.05. The summed E-state index contributed by atoms with van der Waals surface area (Å²) in [7, 11) is 1.85. The second-order valence-electron chi connectivity index (χ2n) is 6.46. The quantitative estimate of drug-likeness (QED) is 0.474. The highest BCUT2D eigenvalue weighted by atomic mass is 35.5. The summed E-state index contributed by atoms with van der Waals surface area (Å²) in [5, 5.41) is 12.3. The number of aryl methyl sites for hydroxylation is 1. The van der Waals surface area contributed by atoms with E-state index in [0.29, 0.717) is 27.7 Å². The molecule has 1 amide bonds. The molecule has 1 aromatic heterocycles. The Morgan fingerprint density at radius 1 is 1.23 bits per heavy atom. The number of benzene rings is 2. The first-order valence-corrected chi connectivity index (χ1v) is 8.66. The van der Waals surface area contributed by atoms with Gasteiger partial charge in [0.15, 0.2) is 0 Å². The van der Waals surface area contributed by atoms with Crippen molar-refractivity contribution in [2.24, 2.45) is 7.05 Å². The maximum atomic E-state index is 12.7. The van der Waals surface area contributed by atoms with Gasteiger partial charge in [-0.05, 0) is 43.7 Å². The van der Waals surface area contributed by atoms with Gasteiger partial charge in [0, 0.05) is 39.9 Å². The third-order valence-electron chi connectivity index (χ3n) is 4.57. The summed E-state index contributed by atoms with van der Waals surface area (Å²) in [6, 6.07) is 12.7. The van der Waals surface area contributed by atoms with Crippen molar-refractivity contribution in [1.29, 1.82) is 5.41 Å². The number of aromatic nitrogens is 1. The van der Waals surface area contributed by atoms with Gasteiger partial charge in [0.2, 0.25) is 0 Å². The minimum atomic E-state index is -0.216. The molecule has 26 heavy (non-hydrogen) atoms. The molecular formula is C20H21ClN4O. The fourth-order valence-corrected chi connectivity index (χ4v) is 3.23. The van der Waals surface area contributed by atoms with E-state index in [4.69, 9.17) is 22.7 Å². The van der Waals surface area contributed by atoms with Crippen LogP contribution in [0.15, 0.2) is 42.5 Å². The van der Waals surface area contributed by atoms with E-state index in [2.05, 4.69) is 5.32 Å². The Morgan fingerprint density at radius 2 is 1.96 bits per heavy atom. The van der Waals surface area contributed by atoms with E-state index in [1.54, 1.807) is 13.0 Å². The molecule has 1 unspecified atom stereocenters.